The van der Waals surface area contributed by atoms with Gasteiger partial charge in [-0.15, -0.1) is 0 Å². The smallest absolute Gasteiger partial charge is 0.317 e. The Morgan fingerprint density at radius 3 is 2.29 bits per heavy atom. The first-order chi connectivity index (χ1) is 11.5. The summed E-state index contributed by atoms with van der Waals surface area (Å²) in [5.41, 5.74) is 2.19. The van der Waals surface area contributed by atoms with Crippen LogP contribution in [0, 0.1) is 0 Å². The van der Waals surface area contributed by atoms with E-state index in [4.69, 9.17) is 5.11 Å². The van der Waals surface area contributed by atoms with E-state index in [1.807, 2.05) is 17.0 Å². The number of aliphatic carboxylic acids is 1. The zero-order valence-electron chi connectivity index (χ0n) is 13.5. The SMILES string of the molecule is O=C(O)CN1CCC(c2ccc(C3CCC(=O)NC3=O)cc2)CC1. The Hall–Kier alpha value is -2.21. The third-order valence-electron chi connectivity index (χ3n) is 5.00. The second kappa shape index (κ2) is 7.13. The third kappa shape index (κ3) is 3.82. The van der Waals surface area contributed by atoms with Crippen molar-refractivity contribution in [2.45, 2.75) is 37.5 Å². The molecule has 2 fully saturated rings. The summed E-state index contributed by atoms with van der Waals surface area (Å²) >= 11 is 0. The van der Waals surface area contributed by atoms with Gasteiger partial charge in [-0.2, -0.15) is 0 Å². The van der Waals surface area contributed by atoms with Crippen LogP contribution >= 0.6 is 0 Å². The van der Waals surface area contributed by atoms with E-state index < -0.39 is 5.97 Å². The topological polar surface area (TPSA) is 86.7 Å². The Balaban J connectivity index is 1.60. The van der Waals surface area contributed by atoms with Crippen LogP contribution in [-0.2, 0) is 14.4 Å². The van der Waals surface area contributed by atoms with Crippen molar-refractivity contribution in [2.75, 3.05) is 19.6 Å². The number of nitrogens with one attached hydrogen (secondary N) is 1. The number of hydrogen-bond acceptors (Lipinski definition) is 4. The predicted octanol–water partition coefficient (Wildman–Crippen LogP) is 1.47. The number of carboxylic acid groups (broad SMARTS) is 1. The molecule has 2 amide bonds. The zero-order valence-corrected chi connectivity index (χ0v) is 13.5. The van der Waals surface area contributed by atoms with Crippen molar-refractivity contribution in [3.05, 3.63) is 35.4 Å². The van der Waals surface area contributed by atoms with Crippen LogP contribution in [0.15, 0.2) is 24.3 Å². The standard InChI is InChI=1S/C18H22N2O4/c21-16-6-5-15(18(24)19-16)14-3-1-12(2-4-14)13-7-9-20(10-8-13)11-17(22)23/h1-4,13,15H,5-11H2,(H,22,23)(H,19,21,24). The van der Waals surface area contributed by atoms with Gasteiger partial charge in [0.15, 0.2) is 0 Å². The average Bonchev–Trinajstić information content (AvgIpc) is 2.55. The number of carboxylic acids is 1. The predicted molar refractivity (Wildman–Crippen MR) is 87.6 cm³/mol. The summed E-state index contributed by atoms with van der Waals surface area (Å²) in [7, 11) is 0. The molecular weight excluding hydrogens is 308 g/mol. The van der Waals surface area contributed by atoms with Crippen LogP contribution in [0.5, 0.6) is 0 Å². The fraction of sp³-hybridized carbons (Fsp3) is 0.500. The molecule has 2 heterocycles. The molecule has 2 saturated heterocycles. The number of likely N-dealkylation sites (tertiary alicyclic amines) is 1. The molecule has 2 N–H and O–H groups in total. The summed E-state index contributed by atoms with van der Waals surface area (Å²) in [6, 6.07) is 8.10. The van der Waals surface area contributed by atoms with Crippen molar-refractivity contribution >= 4 is 17.8 Å². The van der Waals surface area contributed by atoms with Gasteiger partial charge in [0.2, 0.25) is 11.8 Å². The van der Waals surface area contributed by atoms with Gasteiger partial charge < -0.3 is 5.11 Å². The average molecular weight is 330 g/mol. The first-order valence-electron chi connectivity index (χ1n) is 8.40. The lowest BCUT2D eigenvalue weighted by atomic mass is 9.86. The largest absolute Gasteiger partial charge is 0.480 e. The molecule has 0 spiro atoms. The first kappa shape index (κ1) is 16.6. The normalized spacial score (nSPS) is 23.1. The van der Waals surface area contributed by atoms with Crippen LogP contribution in [0.4, 0.5) is 0 Å². The first-order valence-corrected chi connectivity index (χ1v) is 8.40. The van der Waals surface area contributed by atoms with E-state index in [2.05, 4.69) is 17.4 Å². The molecule has 24 heavy (non-hydrogen) atoms. The molecule has 1 aromatic carbocycles. The molecule has 0 saturated carbocycles. The van der Waals surface area contributed by atoms with Gasteiger partial charge in [-0.3, -0.25) is 24.6 Å². The third-order valence-corrected chi connectivity index (χ3v) is 5.00. The summed E-state index contributed by atoms with van der Waals surface area (Å²) in [5, 5.41) is 11.2. The van der Waals surface area contributed by atoms with Crippen molar-refractivity contribution < 1.29 is 19.5 Å². The van der Waals surface area contributed by atoms with E-state index >= 15 is 0 Å². The van der Waals surface area contributed by atoms with Gasteiger partial charge in [-0.25, -0.2) is 0 Å². The lowest BCUT2D eigenvalue weighted by Gasteiger charge is -2.31. The monoisotopic (exact) mass is 330 g/mol. The number of amides is 2. The van der Waals surface area contributed by atoms with Gasteiger partial charge in [0.25, 0.3) is 0 Å². The summed E-state index contributed by atoms with van der Waals surface area (Å²) in [6.07, 6.45) is 2.86. The minimum Gasteiger partial charge on any atom is -0.480 e. The van der Waals surface area contributed by atoms with Gasteiger partial charge in [0.05, 0.1) is 12.5 Å². The lowest BCUT2D eigenvalue weighted by Crippen LogP contribution is -2.39. The summed E-state index contributed by atoms with van der Waals surface area (Å²) < 4.78 is 0. The molecule has 0 aliphatic carbocycles. The van der Waals surface area contributed by atoms with Gasteiger partial charge in [0, 0.05) is 6.42 Å². The van der Waals surface area contributed by atoms with Crippen molar-refractivity contribution in [3.8, 4) is 0 Å². The molecule has 0 aromatic heterocycles. The number of imide groups is 1. The van der Waals surface area contributed by atoms with Gasteiger partial charge in [0.1, 0.15) is 0 Å². The molecule has 2 aliphatic heterocycles. The molecule has 3 rings (SSSR count). The van der Waals surface area contributed by atoms with Gasteiger partial charge >= 0.3 is 5.97 Å². The van der Waals surface area contributed by atoms with E-state index in [1.54, 1.807) is 0 Å². The number of benzene rings is 1. The fourth-order valence-electron chi connectivity index (χ4n) is 3.63. The summed E-state index contributed by atoms with van der Waals surface area (Å²) in [6.45, 7) is 1.71. The van der Waals surface area contributed by atoms with Crippen LogP contribution < -0.4 is 5.32 Å². The molecule has 0 radical (unpaired) electrons. The van der Waals surface area contributed by atoms with Crippen molar-refractivity contribution in [3.63, 3.8) is 0 Å². The number of hydrogen-bond donors (Lipinski definition) is 2. The maximum absolute atomic E-state index is 11.9. The highest BCUT2D eigenvalue weighted by Crippen LogP contribution is 2.30. The number of carbonyl (C=O) groups is 3. The number of piperidine rings is 2. The minimum atomic E-state index is -0.776. The van der Waals surface area contributed by atoms with E-state index in [9.17, 15) is 14.4 Å². The lowest BCUT2D eigenvalue weighted by molar-refractivity contribution is -0.138. The van der Waals surface area contributed by atoms with Crippen molar-refractivity contribution in [1.29, 1.82) is 0 Å². The zero-order chi connectivity index (χ0) is 17.1. The van der Waals surface area contributed by atoms with Crippen LogP contribution in [0.3, 0.4) is 0 Å². The fourth-order valence-corrected chi connectivity index (χ4v) is 3.63. The van der Waals surface area contributed by atoms with E-state index in [-0.39, 0.29) is 24.3 Å². The molecule has 1 atom stereocenters. The second-order valence-corrected chi connectivity index (χ2v) is 6.61. The molecule has 6 nitrogen and oxygen atoms in total. The maximum Gasteiger partial charge on any atom is 0.317 e. The molecule has 1 aromatic rings. The Bertz CT molecular complexity index is 633. The maximum atomic E-state index is 11.9. The Labute approximate surface area is 140 Å². The summed E-state index contributed by atoms with van der Waals surface area (Å²) in [4.78, 5) is 35.9. The molecule has 2 aliphatic rings. The van der Waals surface area contributed by atoms with Crippen LogP contribution in [0.25, 0.3) is 0 Å². The van der Waals surface area contributed by atoms with E-state index in [0.717, 1.165) is 31.5 Å². The van der Waals surface area contributed by atoms with Crippen LogP contribution in [-0.4, -0.2) is 47.4 Å². The van der Waals surface area contributed by atoms with E-state index in [1.165, 1.54) is 5.56 Å². The van der Waals surface area contributed by atoms with Crippen LogP contribution in [0.1, 0.15) is 48.6 Å². The Kier molecular flexibility index (Phi) is 4.94. The number of carbonyl (C=O) groups excluding carboxylic acids is 2. The highest BCUT2D eigenvalue weighted by atomic mass is 16.4. The van der Waals surface area contributed by atoms with Crippen LogP contribution in [0.2, 0.25) is 0 Å². The van der Waals surface area contributed by atoms with Gasteiger partial charge in [-0.05, 0) is 49.4 Å². The quantitative estimate of drug-likeness (QED) is 0.817. The van der Waals surface area contributed by atoms with Crippen molar-refractivity contribution in [2.24, 2.45) is 0 Å². The van der Waals surface area contributed by atoms with E-state index in [0.29, 0.717) is 18.8 Å². The molecule has 128 valence electrons. The minimum absolute atomic E-state index is 0.112. The Morgan fingerprint density at radius 2 is 1.71 bits per heavy atom. The highest BCUT2D eigenvalue weighted by molar-refractivity contribution is 6.00. The Morgan fingerprint density at radius 1 is 1.08 bits per heavy atom. The van der Waals surface area contributed by atoms with Gasteiger partial charge in [-0.1, -0.05) is 24.3 Å². The molecule has 6 heteroatoms. The molecule has 1 unspecified atom stereocenters. The number of nitrogens with zero attached hydrogens (tertiary/aromatic N) is 1. The molecular formula is C18H22N2O4. The molecule has 0 bridgehead atoms. The number of rotatable bonds is 4. The highest BCUT2D eigenvalue weighted by Gasteiger charge is 2.28. The summed E-state index contributed by atoms with van der Waals surface area (Å²) in [5.74, 6) is -0.982. The second-order valence-electron chi connectivity index (χ2n) is 6.61. The van der Waals surface area contributed by atoms with Crippen molar-refractivity contribution in [1.82, 2.24) is 10.2 Å².